The molecule has 1 aliphatic carbocycles. The van der Waals surface area contributed by atoms with Gasteiger partial charge in [0.2, 0.25) is 0 Å². The molecule has 2 aliphatic heterocycles. The molecular weight excluding hydrogens is 623 g/mol. The predicted molar refractivity (Wildman–Crippen MR) is 220 cm³/mol. The molecule has 1 unspecified atom stereocenters. The Kier molecular flexibility index (Phi) is 11.3. The van der Waals surface area contributed by atoms with E-state index in [-0.39, 0.29) is 6.04 Å². The number of hydrogen-bond acceptors (Lipinski definition) is 2. The van der Waals surface area contributed by atoms with Crippen molar-refractivity contribution in [1.29, 1.82) is 0 Å². The Bertz CT molecular complexity index is 2080. The van der Waals surface area contributed by atoms with Crippen molar-refractivity contribution in [3.8, 4) is 11.8 Å². The van der Waals surface area contributed by atoms with Crippen LogP contribution in [0.1, 0.15) is 80.3 Å². The van der Waals surface area contributed by atoms with Gasteiger partial charge in [0, 0.05) is 40.2 Å². The zero-order valence-corrected chi connectivity index (χ0v) is 30.9. The highest BCUT2D eigenvalue weighted by atomic mass is 32.2. The molecule has 0 saturated heterocycles. The minimum atomic E-state index is 0.120. The van der Waals surface area contributed by atoms with Gasteiger partial charge in [-0.05, 0) is 120 Å². The number of allylic oxidation sites excluding steroid dienone is 15. The van der Waals surface area contributed by atoms with Crippen LogP contribution in [-0.4, -0.2) is 6.04 Å². The number of aryl methyl sites for hydroxylation is 1. The van der Waals surface area contributed by atoms with Gasteiger partial charge in [-0.25, -0.2) is 0 Å². The van der Waals surface area contributed by atoms with Gasteiger partial charge in [-0.3, -0.25) is 0 Å². The summed E-state index contributed by atoms with van der Waals surface area (Å²) in [6.07, 6.45) is 28.2. The highest BCUT2D eigenvalue weighted by Gasteiger charge is 2.37. The number of benzene rings is 3. The van der Waals surface area contributed by atoms with Gasteiger partial charge < -0.3 is 4.90 Å². The normalized spacial score (nSPS) is 17.7. The van der Waals surface area contributed by atoms with Gasteiger partial charge in [-0.15, -0.1) is 0 Å². The molecule has 0 radical (unpaired) electrons. The summed E-state index contributed by atoms with van der Waals surface area (Å²) in [6, 6.07) is 22.4. The third-order valence-corrected chi connectivity index (χ3v) is 10.5. The van der Waals surface area contributed by atoms with Crippen LogP contribution in [0.5, 0.6) is 0 Å². The predicted octanol–water partition coefficient (Wildman–Crippen LogP) is 13.0. The Morgan fingerprint density at radius 2 is 1.82 bits per heavy atom. The largest absolute Gasteiger partial charge is 0.334 e. The van der Waals surface area contributed by atoms with E-state index in [4.69, 9.17) is 0 Å². The molecule has 2 heteroatoms. The summed E-state index contributed by atoms with van der Waals surface area (Å²) in [5, 5.41) is 0. The summed E-state index contributed by atoms with van der Waals surface area (Å²) in [6.45, 7) is 15.2. The Morgan fingerprint density at radius 3 is 2.64 bits per heavy atom. The van der Waals surface area contributed by atoms with Crippen molar-refractivity contribution in [2.45, 2.75) is 71.2 Å². The van der Waals surface area contributed by atoms with Crippen LogP contribution in [0, 0.1) is 18.8 Å². The molecule has 6 rings (SSSR count). The van der Waals surface area contributed by atoms with Crippen LogP contribution in [-0.2, 0) is 6.42 Å². The second kappa shape index (κ2) is 16.2. The summed E-state index contributed by atoms with van der Waals surface area (Å²) in [4.78, 5) is 5.26. The highest BCUT2D eigenvalue weighted by molar-refractivity contribution is 8.03. The lowest BCUT2D eigenvalue weighted by Crippen LogP contribution is -2.27. The monoisotopic (exact) mass is 669 g/mol. The topological polar surface area (TPSA) is 3.24 Å². The lowest BCUT2D eigenvalue weighted by molar-refractivity contribution is 0.941. The average molecular weight is 670 g/mol. The molecule has 1 atom stereocenters. The van der Waals surface area contributed by atoms with E-state index in [1.165, 1.54) is 60.2 Å². The van der Waals surface area contributed by atoms with Gasteiger partial charge in [-0.2, -0.15) is 0 Å². The van der Waals surface area contributed by atoms with Crippen molar-refractivity contribution in [1.82, 2.24) is 0 Å². The second-order valence-electron chi connectivity index (χ2n) is 13.1. The fourth-order valence-electron chi connectivity index (χ4n) is 6.58. The molecule has 1 nitrogen and oxygen atoms in total. The first-order chi connectivity index (χ1) is 24.4. The van der Waals surface area contributed by atoms with Crippen LogP contribution < -0.4 is 4.90 Å². The first kappa shape index (κ1) is 34.9. The maximum Gasteiger partial charge on any atom is 0.0788 e. The molecule has 0 aromatic heterocycles. The average Bonchev–Trinajstić information content (AvgIpc) is 3.83. The Balaban J connectivity index is 1.33. The number of thioether (sulfide) groups is 1. The van der Waals surface area contributed by atoms with E-state index in [1.54, 1.807) is 0 Å². The van der Waals surface area contributed by atoms with Gasteiger partial charge in [0.1, 0.15) is 0 Å². The van der Waals surface area contributed by atoms with E-state index in [9.17, 15) is 0 Å². The van der Waals surface area contributed by atoms with E-state index < -0.39 is 0 Å². The molecule has 3 aromatic rings. The highest BCUT2D eigenvalue weighted by Crippen LogP contribution is 2.49. The first-order valence-corrected chi connectivity index (χ1v) is 18.6. The lowest BCUT2D eigenvalue weighted by Gasteiger charge is -2.26. The maximum absolute atomic E-state index is 4.40. The van der Waals surface area contributed by atoms with Crippen molar-refractivity contribution < 1.29 is 0 Å². The molecule has 0 amide bonds. The Morgan fingerprint density at radius 1 is 0.980 bits per heavy atom. The SMILES string of the molecule is C=C(/C=C\C=C/CC)c1ccc2c(c1)C1=CC(c3ccc(C)c(C#CC/C=C(C)\C=C/CC)c3)=CC1N2/C(C)=C/C=C1\Cc2ccccc2S1. The molecule has 0 spiro atoms. The zero-order chi connectivity index (χ0) is 35.0. The fourth-order valence-corrected chi connectivity index (χ4v) is 7.64. The quantitative estimate of drug-likeness (QED) is 0.156. The molecule has 3 aliphatic rings. The van der Waals surface area contributed by atoms with Gasteiger partial charge >= 0.3 is 0 Å². The van der Waals surface area contributed by atoms with Crippen molar-refractivity contribution in [3.05, 3.63) is 184 Å². The molecule has 0 fully saturated rings. The second-order valence-corrected chi connectivity index (χ2v) is 14.3. The third kappa shape index (κ3) is 7.91. The number of rotatable bonds is 10. The molecule has 3 aromatic carbocycles. The van der Waals surface area contributed by atoms with E-state index >= 15 is 0 Å². The van der Waals surface area contributed by atoms with Crippen molar-refractivity contribution in [2.24, 2.45) is 0 Å². The van der Waals surface area contributed by atoms with Crippen molar-refractivity contribution in [3.63, 3.8) is 0 Å². The maximum atomic E-state index is 4.40. The molecule has 2 heterocycles. The van der Waals surface area contributed by atoms with E-state index in [1.807, 2.05) is 11.8 Å². The van der Waals surface area contributed by atoms with E-state index in [2.05, 4.69) is 185 Å². The van der Waals surface area contributed by atoms with Crippen molar-refractivity contribution >= 4 is 34.2 Å². The molecule has 0 saturated carbocycles. The van der Waals surface area contributed by atoms with Crippen LogP contribution in [0.25, 0.3) is 16.7 Å². The van der Waals surface area contributed by atoms with Crippen LogP contribution in [0.15, 0.2) is 155 Å². The summed E-state index contributed by atoms with van der Waals surface area (Å²) >= 11 is 1.89. The van der Waals surface area contributed by atoms with Gasteiger partial charge in [0.25, 0.3) is 0 Å². The van der Waals surface area contributed by atoms with Gasteiger partial charge in [0.05, 0.1) is 6.04 Å². The smallest absolute Gasteiger partial charge is 0.0788 e. The number of fused-ring (bicyclic) bond motifs is 4. The standard InChI is InChI=1S/C48H47NS/c1-7-9-11-12-19-35(4)39-26-28-46-44(31-39)45-32-42(40-25-23-36(5)38(29-40)20-14-13-18-34(3)17-10-8-2)33-47(45)49(46)37(6)24-27-43-30-41-21-15-16-22-48(41)50-43/h9-12,15-19,21-29,31-33,47H,4,7-8,13,30H2,1-3,5-6H3/b11-9-,17-10-,19-12-,34-18-,37-24+,43-27+. The third-order valence-electron chi connectivity index (χ3n) is 9.37. The van der Waals surface area contributed by atoms with Crippen molar-refractivity contribution in [2.75, 3.05) is 4.90 Å². The fraction of sp³-hybridized carbons (Fsp3) is 0.208. The summed E-state index contributed by atoms with van der Waals surface area (Å²) in [5.74, 6) is 6.85. The molecular formula is C48H47NS. The minimum absolute atomic E-state index is 0.120. The van der Waals surface area contributed by atoms with Crippen LogP contribution in [0.3, 0.4) is 0 Å². The minimum Gasteiger partial charge on any atom is -0.334 e. The zero-order valence-electron chi connectivity index (χ0n) is 30.1. The molecule has 0 N–H and O–H groups in total. The van der Waals surface area contributed by atoms with Gasteiger partial charge in [0.15, 0.2) is 0 Å². The summed E-state index contributed by atoms with van der Waals surface area (Å²) in [5.41, 5.74) is 14.6. The van der Waals surface area contributed by atoms with Crippen LogP contribution in [0.4, 0.5) is 5.69 Å². The van der Waals surface area contributed by atoms with Crippen LogP contribution in [0.2, 0.25) is 0 Å². The number of anilines is 1. The van der Waals surface area contributed by atoms with E-state index in [0.29, 0.717) is 0 Å². The molecule has 50 heavy (non-hydrogen) atoms. The first-order valence-electron chi connectivity index (χ1n) is 17.8. The van der Waals surface area contributed by atoms with Crippen LogP contribution >= 0.6 is 11.8 Å². The van der Waals surface area contributed by atoms with Gasteiger partial charge in [-0.1, -0.05) is 135 Å². The molecule has 0 bridgehead atoms. The number of hydrogen-bond donors (Lipinski definition) is 0. The van der Waals surface area contributed by atoms with E-state index in [0.717, 1.165) is 42.4 Å². The Labute approximate surface area is 304 Å². The number of nitrogens with zero attached hydrogens (tertiary/aromatic N) is 1. The molecule has 250 valence electrons. The lowest BCUT2D eigenvalue weighted by atomic mass is 9.98. The summed E-state index contributed by atoms with van der Waals surface area (Å²) in [7, 11) is 0. The Hall–Kier alpha value is -4.97. The summed E-state index contributed by atoms with van der Waals surface area (Å²) < 4.78 is 0.